The minimum atomic E-state index is 0.0842. The number of allylic oxidation sites excluding steroid dienone is 1. The molecule has 0 spiro atoms. The molecule has 0 aliphatic rings. The minimum absolute atomic E-state index is 0.0842. The fourth-order valence-corrected chi connectivity index (χ4v) is 2.99. The maximum Gasteiger partial charge on any atom is 0.220 e. The number of aliphatic hydroxyl groups excluding tert-OH is 1. The van der Waals surface area contributed by atoms with Gasteiger partial charge in [0.15, 0.2) is 0 Å². The molecule has 0 rings (SSSR count). The van der Waals surface area contributed by atoms with Gasteiger partial charge in [-0.3, -0.25) is 4.79 Å². The fraction of sp³-hybridized carbons (Fsp3) is 0.706. The lowest BCUT2D eigenvalue weighted by molar-refractivity contribution is -0.121. The van der Waals surface area contributed by atoms with Gasteiger partial charge in [-0.2, -0.15) is 0 Å². The molecule has 0 fully saturated rings. The van der Waals surface area contributed by atoms with Crippen molar-refractivity contribution in [2.45, 2.75) is 65.3 Å². The van der Waals surface area contributed by atoms with Crippen LogP contribution in [0.4, 0.5) is 0 Å². The van der Waals surface area contributed by atoms with Gasteiger partial charge < -0.3 is 10.4 Å². The molecule has 0 aromatic rings. The Hall–Kier alpha value is -0.360. The van der Waals surface area contributed by atoms with E-state index in [4.69, 9.17) is 5.11 Å². The summed E-state index contributed by atoms with van der Waals surface area (Å²) in [4.78, 5) is 12.1. The topological polar surface area (TPSA) is 49.3 Å². The second-order valence-electron chi connectivity index (χ2n) is 5.47. The Morgan fingerprint density at radius 1 is 1.29 bits per heavy atom. The molecule has 3 nitrogen and oxygen atoms in total. The number of hydrogen-bond donors (Lipinski definition) is 2. The highest BCUT2D eigenvalue weighted by Gasteiger charge is 2.18. The lowest BCUT2D eigenvalue weighted by Crippen LogP contribution is -2.39. The summed E-state index contributed by atoms with van der Waals surface area (Å²) in [6.07, 6.45) is 9.60. The summed E-state index contributed by atoms with van der Waals surface area (Å²) in [6.45, 7) is 6.58. The second-order valence-corrected chi connectivity index (χ2v) is 6.19. The molecule has 0 aliphatic heterocycles. The monoisotopic (exact) mass is 407 g/mol. The molecule has 0 aromatic carbocycles. The highest BCUT2D eigenvalue weighted by atomic mass is 127. The van der Waals surface area contributed by atoms with Gasteiger partial charge in [-0.1, -0.05) is 67.0 Å². The maximum absolute atomic E-state index is 12.1. The molecule has 4 heteroatoms. The van der Waals surface area contributed by atoms with Crippen LogP contribution in [0, 0.1) is 5.92 Å². The summed E-state index contributed by atoms with van der Waals surface area (Å²) in [6, 6.07) is 0.0842. The van der Waals surface area contributed by atoms with E-state index >= 15 is 0 Å². The lowest BCUT2D eigenvalue weighted by Gasteiger charge is -2.24. The number of unbranched alkanes of at least 4 members (excludes halogenated alkanes) is 3. The number of rotatable bonds is 11. The average molecular weight is 407 g/mol. The van der Waals surface area contributed by atoms with E-state index in [9.17, 15) is 4.79 Å². The van der Waals surface area contributed by atoms with Crippen LogP contribution in [0.25, 0.3) is 0 Å². The summed E-state index contributed by atoms with van der Waals surface area (Å²) >= 11 is 2.22. The zero-order valence-electron chi connectivity index (χ0n) is 13.6. The normalized spacial score (nSPS) is 15.2. The summed E-state index contributed by atoms with van der Waals surface area (Å²) in [5.41, 5.74) is 1.23. The summed E-state index contributed by atoms with van der Waals surface area (Å²) in [7, 11) is 0. The number of nitrogens with one attached hydrogen (secondary N) is 1. The van der Waals surface area contributed by atoms with Crippen molar-refractivity contribution >= 4 is 28.5 Å². The molecule has 0 bridgehead atoms. The molecule has 122 valence electrons. The molecule has 0 radical (unpaired) electrons. The van der Waals surface area contributed by atoms with E-state index in [1.165, 1.54) is 5.57 Å². The second kappa shape index (κ2) is 13.3. The zero-order valence-corrected chi connectivity index (χ0v) is 15.7. The summed E-state index contributed by atoms with van der Waals surface area (Å²) in [5, 5.41) is 11.9. The maximum atomic E-state index is 12.1. The lowest BCUT2D eigenvalue weighted by atomic mass is 9.94. The quantitative estimate of drug-likeness (QED) is 0.304. The predicted molar refractivity (Wildman–Crippen MR) is 98.5 cm³/mol. The third kappa shape index (κ3) is 10.1. The Morgan fingerprint density at radius 3 is 2.52 bits per heavy atom. The Labute approximate surface area is 143 Å². The average Bonchev–Trinajstić information content (AvgIpc) is 2.45. The van der Waals surface area contributed by atoms with E-state index in [1.54, 1.807) is 0 Å². The van der Waals surface area contributed by atoms with Gasteiger partial charge in [0.1, 0.15) is 0 Å². The van der Waals surface area contributed by atoms with Crippen molar-refractivity contribution in [2.75, 3.05) is 6.61 Å². The van der Waals surface area contributed by atoms with Crippen molar-refractivity contribution in [2.24, 2.45) is 5.92 Å². The standard InChI is InChI=1S/C17H30INO2/c1-4-9-14(2)17(15(3)11-12-18)19-16(21)10-7-5-6-8-13-20/h9,11-12,15,17,20H,4-8,10,13H2,1-3H3,(H,19,21)/b12-11+,14-9+/t15-,17?/m0/s1. The van der Waals surface area contributed by atoms with Gasteiger partial charge in [0.2, 0.25) is 5.91 Å². The van der Waals surface area contributed by atoms with Crippen LogP contribution in [-0.4, -0.2) is 23.7 Å². The Morgan fingerprint density at radius 2 is 1.95 bits per heavy atom. The molecule has 0 saturated carbocycles. The Kier molecular flexibility index (Phi) is 13.1. The van der Waals surface area contributed by atoms with Crippen LogP contribution in [-0.2, 0) is 4.79 Å². The minimum Gasteiger partial charge on any atom is -0.396 e. The van der Waals surface area contributed by atoms with E-state index in [1.807, 2.05) is 4.08 Å². The SMILES string of the molecule is CC/C=C(\C)C(NC(=O)CCCCCCO)[C@@H](C)/C=C/I. The molecular formula is C17H30INO2. The molecule has 0 saturated heterocycles. The van der Waals surface area contributed by atoms with Crippen molar-refractivity contribution in [3.63, 3.8) is 0 Å². The van der Waals surface area contributed by atoms with E-state index in [-0.39, 0.29) is 18.6 Å². The third-order valence-electron chi connectivity index (χ3n) is 3.55. The van der Waals surface area contributed by atoms with Crippen LogP contribution in [0.1, 0.15) is 59.3 Å². The van der Waals surface area contributed by atoms with Gasteiger partial charge in [-0.25, -0.2) is 0 Å². The summed E-state index contributed by atoms with van der Waals surface area (Å²) in [5.74, 6) is 0.421. The first-order chi connectivity index (χ1) is 10.1. The highest BCUT2D eigenvalue weighted by molar-refractivity contribution is 14.1. The van der Waals surface area contributed by atoms with E-state index in [2.05, 4.69) is 60.8 Å². The van der Waals surface area contributed by atoms with Crippen LogP contribution in [0.2, 0.25) is 0 Å². The van der Waals surface area contributed by atoms with Crippen molar-refractivity contribution < 1.29 is 9.90 Å². The fourth-order valence-electron chi connectivity index (χ4n) is 2.33. The molecule has 2 N–H and O–H groups in total. The van der Waals surface area contributed by atoms with Gasteiger partial charge in [0.05, 0.1) is 6.04 Å². The van der Waals surface area contributed by atoms with Crippen LogP contribution < -0.4 is 5.32 Å². The van der Waals surface area contributed by atoms with Crippen LogP contribution in [0.3, 0.4) is 0 Å². The molecule has 0 aliphatic carbocycles. The molecule has 1 unspecified atom stereocenters. The number of halogens is 1. The van der Waals surface area contributed by atoms with Crippen LogP contribution in [0.5, 0.6) is 0 Å². The van der Waals surface area contributed by atoms with Crippen molar-refractivity contribution in [3.8, 4) is 0 Å². The molecule has 1 amide bonds. The van der Waals surface area contributed by atoms with E-state index in [0.717, 1.165) is 32.1 Å². The molecule has 21 heavy (non-hydrogen) atoms. The van der Waals surface area contributed by atoms with Gasteiger partial charge in [0.25, 0.3) is 0 Å². The van der Waals surface area contributed by atoms with Crippen LogP contribution >= 0.6 is 22.6 Å². The number of carbonyl (C=O) groups is 1. The third-order valence-corrected chi connectivity index (χ3v) is 3.96. The predicted octanol–water partition coefficient (Wildman–Crippen LogP) is 4.36. The molecule has 2 atom stereocenters. The molecule has 0 heterocycles. The van der Waals surface area contributed by atoms with Crippen molar-refractivity contribution in [1.29, 1.82) is 0 Å². The first-order valence-corrected chi connectivity index (χ1v) is 9.15. The van der Waals surface area contributed by atoms with Gasteiger partial charge in [-0.05, 0) is 36.2 Å². The molecular weight excluding hydrogens is 377 g/mol. The number of amides is 1. The molecule has 0 aromatic heterocycles. The zero-order chi connectivity index (χ0) is 16.1. The summed E-state index contributed by atoms with van der Waals surface area (Å²) < 4.78 is 2.01. The first-order valence-electron chi connectivity index (χ1n) is 7.90. The Bertz CT molecular complexity index is 340. The van der Waals surface area contributed by atoms with Gasteiger partial charge >= 0.3 is 0 Å². The van der Waals surface area contributed by atoms with Crippen molar-refractivity contribution in [1.82, 2.24) is 5.32 Å². The van der Waals surface area contributed by atoms with E-state index < -0.39 is 0 Å². The number of aliphatic hydroxyl groups is 1. The van der Waals surface area contributed by atoms with Crippen molar-refractivity contribution in [3.05, 3.63) is 21.8 Å². The van der Waals surface area contributed by atoms with Gasteiger partial charge in [-0.15, -0.1) is 0 Å². The highest BCUT2D eigenvalue weighted by Crippen LogP contribution is 2.16. The first kappa shape index (κ1) is 20.6. The van der Waals surface area contributed by atoms with Crippen LogP contribution in [0.15, 0.2) is 21.8 Å². The largest absolute Gasteiger partial charge is 0.396 e. The Balaban J connectivity index is 4.39. The van der Waals surface area contributed by atoms with Gasteiger partial charge in [0, 0.05) is 13.0 Å². The smallest absolute Gasteiger partial charge is 0.220 e. The number of hydrogen-bond acceptors (Lipinski definition) is 2. The number of carbonyl (C=O) groups excluding carboxylic acids is 1. The van der Waals surface area contributed by atoms with E-state index in [0.29, 0.717) is 12.3 Å².